The van der Waals surface area contributed by atoms with Crippen LogP contribution < -0.4 is 0 Å². The predicted octanol–water partition coefficient (Wildman–Crippen LogP) is 2.66. The van der Waals surface area contributed by atoms with Crippen molar-refractivity contribution in [3.05, 3.63) is 46.5 Å². The summed E-state index contributed by atoms with van der Waals surface area (Å²) in [6, 6.07) is 7.16. The second kappa shape index (κ2) is 7.66. The van der Waals surface area contributed by atoms with E-state index in [4.69, 9.17) is 9.15 Å². The minimum absolute atomic E-state index is 0.120. The molecule has 4 rings (SSSR count). The standard InChI is InChI=1S/C19H21N3O4S/c1-25-19(24)14-5-2-8-21(14)12-18(23)22-15(17-7-4-10-27-17)11-13(20-22)16-6-3-9-26-16/h3-4,6-7,9-10,14-15H,2,5,8,11-12H2,1H3. The maximum atomic E-state index is 13.1. The first-order valence-corrected chi connectivity index (χ1v) is 9.84. The monoisotopic (exact) mass is 387 g/mol. The summed E-state index contributed by atoms with van der Waals surface area (Å²) in [4.78, 5) is 28.0. The number of likely N-dealkylation sites (tertiary alicyclic amines) is 1. The van der Waals surface area contributed by atoms with Gasteiger partial charge in [0.2, 0.25) is 0 Å². The smallest absolute Gasteiger partial charge is 0.323 e. The number of rotatable bonds is 5. The fraction of sp³-hybridized carbons (Fsp3) is 0.421. The number of carbonyl (C=O) groups excluding carboxylic acids is 2. The van der Waals surface area contributed by atoms with Gasteiger partial charge in [-0.25, -0.2) is 5.01 Å². The molecule has 0 radical (unpaired) electrons. The number of amides is 1. The third kappa shape index (κ3) is 3.54. The highest BCUT2D eigenvalue weighted by Gasteiger charge is 2.38. The number of carbonyl (C=O) groups is 2. The third-order valence-corrected chi connectivity index (χ3v) is 5.99. The SMILES string of the molecule is COC(=O)C1CCCN1CC(=O)N1N=C(c2ccco2)CC1c1cccs1. The second-order valence-corrected chi connectivity index (χ2v) is 7.63. The van der Waals surface area contributed by atoms with Crippen molar-refractivity contribution in [2.45, 2.75) is 31.3 Å². The van der Waals surface area contributed by atoms with Crippen LogP contribution in [0.1, 0.15) is 35.9 Å². The van der Waals surface area contributed by atoms with Crippen LogP contribution in [0.4, 0.5) is 0 Å². The van der Waals surface area contributed by atoms with Crippen LogP contribution in [0, 0.1) is 0 Å². The van der Waals surface area contributed by atoms with E-state index in [-0.39, 0.29) is 30.5 Å². The van der Waals surface area contributed by atoms with Gasteiger partial charge < -0.3 is 9.15 Å². The van der Waals surface area contributed by atoms with E-state index in [2.05, 4.69) is 5.10 Å². The van der Waals surface area contributed by atoms with Crippen LogP contribution in [-0.4, -0.2) is 53.7 Å². The van der Waals surface area contributed by atoms with Gasteiger partial charge in [0.15, 0.2) is 0 Å². The van der Waals surface area contributed by atoms with Gasteiger partial charge in [-0.15, -0.1) is 11.3 Å². The van der Waals surface area contributed by atoms with E-state index in [0.29, 0.717) is 18.7 Å². The van der Waals surface area contributed by atoms with E-state index in [1.54, 1.807) is 22.6 Å². The lowest BCUT2D eigenvalue weighted by molar-refractivity contribution is -0.147. The predicted molar refractivity (Wildman–Crippen MR) is 100 cm³/mol. The highest BCUT2D eigenvalue weighted by molar-refractivity contribution is 7.10. The van der Waals surface area contributed by atoms with E-state index >= 15 is 0 Å². The molecule has 0 aromatic carbocycles. The summed E-state index contributed by atoms with van der Waals surface area (Å²) in [7, 11) is 1.38. The molecule has 0 bridgehead atoms. The van der Waals surface area contributed by atoms with Gasteiger partial charge in [-0.05, 0) is 43.0 Å². The maximum absolute atomic E-state index is 13.1. The van der Waals surface area contributed by atoms with Crippen molar-refractivity contribution in [2.75, 3.05) is 20.2 Å². The zero-order valence-electron chi connectivity index (χ0n) is 15.0. The number of hydrazone groups is 1. The third-order valence-electron chi connectivity index (χ3n) is 5.02. The van der Waals surface area contributed by atoms with Crippen molar-refractivity contribution in [3.8, 4) is 0 Å². The molecule has 2 atom stereocenters. The number of hydrogen-bond acceptors (Lipinski definition) is 7. The molecule has 142 valence electrons. The molecule has 0 N–H and O–H groups in total. The zero-order chi connectivity index (χ0) is 18.8. The van der Waals surface area contributed by atoms with Crippen LogP contribution in [0.15, 0.2) is 45.4 Å². The van der Waals surface area contributed by atoms with Gasteiger partial charge in [-0.3, -0.25) is 14.5 Å². The van der Waals surface area contributed by atoms with Crippen molar-refractivity contribution in [1.82, 2.24) is 9.91 Å². The average molecular weight is 387 g/mol. The summed E-state index contributed by atoms with van der Waals surface area (Å²) in [6.45, 7) is 0.856. The van der Waals surface area contributed by atoms with Crippen LogP contribution in [0.5, 0.6) is 0 Å². The number of nitrogens with zero attached hydrogens (tertiary/aromatic N) is 3. The van der Waals surface area contributed by atoms with Crippen molar-refractivity contribution < 1.29 is 18.7 Å². The minimum atomic E-state index is -0.352. The normalized spacial score (nSPS) is 22.9. The topological polar surface area (TPSA) is 75.3 Å². The zero-order valence-corrected chi connectivity index (χ0v) is 15.9. The largest absolute Gasteiger partial charge is 0.468 e. The molecule has 2 aliphatic heterocycles. The first kappa shape index (κ1) is 17.9. The fourth-order valence-corrected chi connectivity index (χ4v) is 4.51. The Morgan fingerprint density at radius 3 is 2.96 bits per heavy atom. The van der Waals surface area contributed by atoms with Crippen LogP contribution in [0.3, 0.4) is 0 Å². The summed E-state index contributed by atoms with van der Waals surface area (Å²) in [5, 5.41) is 8.12. The number of methoxy groups -OCH3 is 1. The molecular weight excluding hydrogens is 366 g/mol. The summed E-state index contributed by atoms with van der Waals surface area (Å²) < 4.78 is 10.3. The lowest BCUT2D eigenvalue weighted by atomic mass is 10.1. The van der Waals surface area contributed by atoms with Crippen molar-refractivity contribution in [1.29, 1.82) is 0 Å². The van der Waals surface area contributed by atoms with Gasteiger partial charge in [0, 0.05) is 11.3 Å². The van der Waals surface area contributed by atoms with Crippen LogP contribution in [-0.2, 0) is 14.3 Å². The first-order valence-electron chi connectivity index (χ1n) is 8.96. The Labute approximate surface area is 161 Å². The first-order chi connectivity index (χ1) is 13.2. The Kier molecular flexibility index (Phi) is 5.09. The van der Waals surface area contributed by atoms with E-state index in [0.717, 1.165) is 23.4 Å². The molecule has 4 heterocycles. The van der Waals surface area contributed by atoms with E-state index in [1.165, 1.54) is 7.11 Å². The molecule has 0 aliphatic carbocycles. The van der Waals surface area contributed by atoms with Crippen LogP contribution in [0.25, 0.3) is 0 Å². The van der Waals surface area contributed by atoms with Gasteiger partial charge in [0.1, 0.15) is 17.5 Å². The van der Waals surface area contributed by atoms with Crippen molar-refractivity contribution >= 4 is 28.9 Å². The van der Waals surface area contributed by atoms with Gasteiger partial charge in [-0.1, -0.05) is 6.07 Å². The summed E-state index contributed by atoms with van der Waals surface area (Å²) >= 11 is 1.61. The van der Waals surface area contributed by atoms with Gasteiger partial charge >= 0.3 is 5.97 Å². The van der Waals surface area contributed by atoms with Crippen molar-refractivity contribution in [3.63, 3.8) is 0 Å². The number of furan rings is 1. The molecule has 1 fully saturated rings. The molecule has 8 heteroatoms. The van der Waals surface area contributed by atoms with Crippen LogP contribution in [0.2, 0.25) is 0 Å². The van der Waals surface area contributed by atoms with Crippen LogP contribution >= 0.6 is 11.3 Å². The molecule has 1 saturated heterocycles. The summed E-state index contributed by atoms with van der Waals surface area (Å²) in [5.74, 6) is 0.280. The lowest BCUT2D eigenvalue weighted by Crippen LogP contribution is -2.43. The molecule has 0 saturated carbocycles. The Hall–Kier alpha value is -2.45. The number of ether oxygens (including phenoxy) is 1. The van der Waals surface area contributed by atoms with Crippen molar-refractivity contribution in [2.24, 2.45) is 5.10 Å². The molecule has 1 amide bonds. The summed E-state index contributed by atoms with van der Waals surface area (Å²) in [6.07, 6.45) is 3.81. The average Bonchev–Trinajstić information content (AvgIpc) is 3.47. The second-order valence-electron chi connectivity index (χ2n) is 6.65. The molecule has 27 heavy (non-hydrogen) atoms. The molecule has 2 aliphatic rings. The molecular formula is C19H21N3O4S. The van der Waals surface area contributed by atoms with Gasteiger partial charge in [0.05, 0.1) is 26.0 Å². The molecule has 2 unspecified atom stereocenters. The molecule has 2 aromatic rings. The Morgan fingerprint density at radius 1 is 1.37 bits per heavy atom. The number of hydrogen-bond donors (Lipinski definition) is 0. The van der Waals surface area contributed by atoms with E-state index in [9.17, 15) is 9.59 Å². The molecule has 2 aromatic heterocycles. The van der Waals surface area contributed by atoms with Gasteiger partial charge in [-0.2, -0.15) is 5.10 Å². The summed E-state index contributed by atoms with van der Waals surface area (Å²) in [5.41, 5.74) is 0.762. The minimum Gasteiger partial charge on any atom is -0.468 e. The molecule has 7 nitrogen and oxygen atoms in total. The maximum Gasteiger partial charge on any atom is 0.323 e. The Balaban J connectivity index is 1.55. The Bertz CT molecular complexity index is 831. The Morgan fingerprint density at radius 2 is 2.26 bits per heavy atom. The highest BCUT2D eigenvalue weighted by Crippen LogP contribution is 2.35. The van der Waals surface area contributed by atoms with Gasteiger partial charge in [0.25, 0.3) is 5.91 Å². The quantitative estimate of drug-likeness (QED) is 0.738. The highest BCUT2D eigenvalue weighted by atomic mass is 32.1. The number of thiophene rings is 1. The fourth-order valence-electron chi connectivity index (χ4n) is 3.70. The van der Waals surface area contributed by atoms with E-state index in [1.807, 2.05) is 34.5 Å². The number of esters is 1. The lowest BCUT2D eigenvalue weighted by Gasteiger charge is -2.26. The van der Waals surface area contributed by atoms with E-state index < -0.39 is 0 Å². The molecule has 0 spiro atoms.